The molecule has 2 heteroatoms. The molecular formula is C17H22N2. The van der Waals surface area contributed by atoms with Gasteiger partial charge in [0.1, 0.15) is 5.82 Å². The van der Waals surface area contributed by atoms with Gasteiger partial charge in [-0.2, -0.15) is 0 Å². The number of rotatable bonds is 1. The molecule has 1 aromatic heterocycles. The Morgan fingerprint density at radius 3 is 2.63 bits per heavy atom. The molecule has 0 N–H and O–H groups in total. The summed E-state index contributed by atoms with van der Waals surface area (Å²) >= 11 is 0. The van der Waals surface area contributed by atoms with Crippen LogP contribution in [0.15, 0.2) is 12.1 Å². The number of nitrogens with zero attached hydrogens (tertiary/aromatic N) is 2. The average molecular weight is 254 g/mol. The molecule has 1 atom stereocenters. The van der Waals surface area contributed by atoms with Crippen LogP contribution in [0.3, 0.4) is 0 Å². The lowest BCUT2D eigenvalue weighted by Crippen LogP contribution is -2.18. The highest BCUT2D eigenvalue weighted by atomic mass is 15.1. The summed E-state index contributed by atoms with van der Waals surface area (Å²) in [6.45, 7) is 12.1. The van der Waals surface area contributed by atoms with Gasteiger partial charge in [0.2, 0.25) is 0 Å². The third-order valence-corrected chi connectivity index (χ3v) is 4.53. The van der Waals surface area contributed by atoms with Gasteiger partial charge < -0.3 is 4.57 Å². The zero-order chi connectivity index (χ0) is 13.7. The highest BCUT2D eigenvalue weighted by molar-refractivity contribution is 5.69. The molecule has 1 aliphatic rings. The van der Waals surface area contributed by atoms with E-state index in [1.165, 1.54) is 40.2 Å². The molecule has 2 aromatic rings. The Morgan fingerprint density at radius 1 is 1.21 bits per heavy atom. The number of aromatic nitrogens is 2. The van der Waals surface area contributed by atoms with Gasteiger partial charge in [-0.3, -0.25) is 0 Å². The Labute approximate surface area is 115 Å². The number of hydrogen-bond donors (Lipinski definition) is 0. The monoisotopic (exact) mass is 254 g/mol. The van der Waals surface area contributed by atoms with E-state index >= 15 is 0 Å². The van der Waals surface area contributed by atoms with Crippen molar-refractivity contribution in [1.29, 1.82) is 0 Å². The maximum atomic E-state index is 4.81. The van der Waals surface area contributed by atoms with Crippen LogP contribution in [0.25, 0.3) is 11.4 Å². The number of fused-ring (bicyclic) bond motifs is 3. The van der Waals surface area contributed by atoms with E-state index in [1.807, 2.05) is 0 Å². The van der Waals surface area contributed by atoms with E-state index in [2.05, 4.69) is 51.3 Å². The van der Waals surface area contributed by atoms with Gasteiger partial charge in [0.15, 0.2) is 0 Å². The number of imidazole rings is 1. The predicted octanol–water partition coefficient (Wildman–Crippen LogP) is 4.29. The molecular weight excluding hydrogens is 232 g/mol. The third kappa shape index (κ3) is 1.73. The Kier molecular flexibility index (Phi) is 2.77. The number of aryl methyl sites for hydroxylation is 3. The first-order valence-corrected chi connectivity index (χ1v) is 7.18. The van der Waals surface area contributed by atoms with Crippen LogP contribution in [0.5, 0.6) is 0 Å². The van der Waals surface area contributed by atoms with Crippen LogP contribution >= 0.6 is 0 Å². The second-order valence-electron chi connectivity index (χ2n) is 5.87. The molecule has 0 spiro atoms. The summed E-state index contributed by atoms with van der Waals surface area (Å²) in [4.78, 5) is 4.81. The molecule has 0 saturated carbocycles. The smallest absolute Gasteiger partial charge is 0.141 e. The normalized spacial score (nSPS) is 17.2. The largest absolute Gasteiger partial charge is 0.327 e. The fourth-order valence-electron chi connectivity index (χ4n) is 3.36. The minimum atomic E-state index is 0.619. The minimum absolute atomic E-state index is 0.619. The Bertz CT molecular complexity index is 650. The average Bonchev–Trinajstić information content (AvgIpc) is 2.63. The Morgan fingerprint density at radius 2 is 1.95 bits per heavy atom. The standard InChI is InChI=1S/C17H22N2/c1-6-14-9-19-13(5)12(4)18-17(19)16-11(3)7-10(2)8-15(14)16/h7-8,14H,6,9H2,1-5H3. The summed E-state index contributed by atoms with van der Waals surface area (Å²) in [6, 6.07) is 4.64. The van der Waals surface area contributed by atoms with Crippen molar-refractivity contribution >= 4 is 0 Å². The van der Waals surface area contributed by atoms with Gasteiger partial charge >= 0.3 is 0 Å². The fraction of sp³-hybridized carbons (Fsp3) is 0.471. The molecule has 19 heavy (non-hydrogen) atoms. The van der Waals surface area contributed by atoms with Gasteiger partial charge in [-0.05, 0) is 45.2 Å². The van der Waals surface area contributed by atoms with Crippen molar-refractivity contribution in [2.45, 2.75) is 53.5 Å². The van der Waals surface area contributed by atoms with Crippen molar-refractivity contribution in [2.24, 2.45) is 0 Å². The van der Waals surface area contributed by atoms with Crippen LogP contribution in [-0.4, -0.2) is 9.55 Å². The first kappa shape index (κ1) is 12.5. The molecule has 2 nitrogen and oxygen atoms in total. The van der Waals surface area contributed by atoms with E-state index in [0.29, 0.717) is 5.92 Å². The van der Waals surface area contributed by atoms with Gasteiger partial charge in [0.25, 0.3) is 0 Å². The number of hydrogen-bond acceptors (Lipinski definition) is 1. The molecule has 3 rings (SSSR count). The summed E-state index contributed by atoms with van der Waals surface area (Å²) in [6.07, 6.45) is 1.19. The summed E-state index contributed by atoms with van der Waals surface area (Å²) in [5.74, 6) is 1.79. The van der Waals surface area contributed by atoms with E-state index in [4.69, 9.17) is 4.98 Å². The second kappa shape index (κ2) is 4.22. The first-order chi connectivity index (χ1) is 9.02. The molecule has 1 aromatic carbocycles. The molecule has 0 amide bonds. The Hall–Kier alpha value is -1.57. The van der Waals surface area contributed by atoms with Crippen LogP contribution in [0.4, 0.5) is 0 Å². The second-order valence-corrected chi connectivity index (χ2v) is 5.87. The minimum Gasteiger partial charge on any atom is -0.327 e. The summed E-state index contributed by atoms with van der Waals surface area (Å²) < 4.78 is 2.41. The van der Waals surface area contributed by atoms with Crippen molar-refractivity contribution in [1.82, 2.24) is 9.55 Å². The van der Waals surface area contributed by atoms with Crippen LogP contribution < -0.4 is 0 Å². The molecule has 1 unspecified atom stereocenters. The zero-order valence-corrected chi connectivity index (χ0v) is 12.5. The summed E-state index contributed by atoms with van der Waals surface area (Å²) in [5, 5.41) is 0. The van der Waals surface area contributed by atoms with Crippen LogP contribution in [-0.2, 0) is 6.54 Å². The highest BCUT2D eigenvalue weighted by Crippen LogP contribution is 2.40. The lowest BCUT2D eigenvalue weighted by atomic mass is 9.85. The molecule has 1 aliphatic heterocycles. The molecule has 0 aliphatic carbocycles. The topological polar surface area (TPSA) is 17.8 Å². The first-order valence-electron chi connectivity index (χ1n) is 7.18. The van der Waals surface area contributed by atoms with Gasteiger partial charge in [0, 0.05) is 23.7 Å². The summed E-state index contributed by atoms with van der Waals surface area (Å²) in [5.41, 5.74) is 8.08. The highest BCUT2D eigenvalue weighted by Gasteiger charge is 2.28. The SMILES string of the molecule is CCC1Cn2c(nc(C)c2C)-c2c(C)cc(C)cc21. The molecule has 0 bridgehead atoms. The van der Waals surface area contributed by atoms with E-state index in [-0.39, 0.29) is 0 Å². The lowest BCUT2D eigenvalue weighted by Gasteiger charge is -2.28. The van der Waals surface area contributed by atoms with Crippen molar-refractivity contribution in [3.05, 3.63) is 40.2 Å². The van der Waals surface area contributed by atoms with Crippen molar-refractivity contribution < 1.29 is 0 Å². The summed E-state index contributed by atoms with van der Waals surface area (Å²) in [7, 11) is 0. The van der Waals surface area contributed by atoms with Gasteiger partial charge in [0.05, 0.1) is 5.69 Å². The quantitative estimate of drug-likeness (QED) is 0.742. The molecule has 2 heterocycles. The maximum absolute atomic E-state index is 4.81. The van der Waals surface area contributed by atoms with Crippen molar-refractivity contribution in [3.8, 4) is 11.4 Å². The molecule has 0 saturated heterocycles. The Balaban J connectivity index is 2.34. The maximum Gasteiger partial charge on any atom is 0.141 e. The van der Waals surface area contributed by atoms with Gasteiger partial charge in [-0.25, -0.2) is 4.98 Å². The predicted molar refractivity (Wildman–Crippen MR) is 79.6 cm³/mol. The lowest BCUT2D eigenvalue weighted by molar-refractivity contribution is 0.526. The number of benzene rings is 1. The van der Waals surface area contributed by atoms with Gasteiger partial charge in [-0.15, -0.1) is 0 Å². The van der Waals surface area contributed by atoms with E-state index in [0.717, 1.165) is 12.2 Å². The van der Waals surface area contributed by atoms with Crippen LogP contribution in [0, 0.1) is 27.7 Å². The van der Waals surface area contributed by atoms with Gasteiger partial charge in [-0.1, -0.05) is 24.6 Å². The van der Waals surface area contributed by atoms with Crippen molar-refractivity contribution in [2.75, 3.05) is 0 Å². The zero-order valence-electron chi connectivity index (χ0n) is 12.5. The molecule has 0 radical (unpaired) electrons. The molecule has 0 fully saturated rings. The van der Waals surface area contributed by atoms with Crippen LogP contribution in [0.2, 0.25) is 0 Å². The fourth-order valence-corrected chi connectivity index (χ4v) is 3.36. The molecule has 100 valence electrons. The third-order valence-electron chi connectivity index (χ3n) is 4.53. The van der Waals surface area contributed by atoms with E-state index in [9.17, 15) is 0 Å². The van der Waals surface area contributed by atoms with E-state index in [1.54, 1.807) is 0 Å². The van der Waals surface area contributed by atoms with E-state index < -0.39 is 0 Å². The van der Waals surface area contributed by atoms with Crippen LogP contribution in [0.1, 0.15) is 47.3 Å². The van der Waals surface area contributed by atoms with Crippen molar-refractivity contribution in [3.63, 3.8) is 0 Å².